The molecule has 0 aliphatic heterocycles. The Balaban J connectivity index is 2.00. The molecule has 0 saturated heterocycles. The predicted molar refractivity (Wildman–Crippen MR) is 93.4 cm³/mol. The van der Waals surface area contributed by atoms with Gasteiger partial charge in [-0.15, -0.1) is 0 Å². The van der Waals surface area contributed by atoms with Gasteiger partial charge in [0, 0.05) is 23.8 Å². The van der Waals surface area contributed by atoms with Crippen molar-refractivity contribution in [2.45, 2.75) is 13.0 Å². The molecule has 0 aliphatic rings. The van der Waals surface area contributed by atoms with Crippen LogP contribution in [0.3, 0.4) is 0 Å². The zero-order chi connectivity index (χ0) is 18.2. The van der Waals surface area contributed by atoms with E-state index in [-0.39, 0.29) is 19.4 Å². The molecule has 1 atom stereocenters. The average Bonchev–Trinajstić information content (AvgIpc) is 2.66. The molecule has 1 aromatic carbocycles. The molecule has 1 unspecified atom stereocenters. The number of pyridine rings is 1. The summed E-state index contributed by atoms with van der Waals surface area (Å²) >= 11 is 0. The van der Waals surface area contributed by atoms with E-state index in [2.05, 4.69) is 10.9 Å². The van der Waals surface area contributed by atoms with Crippen molar-refractivity contribution in [1.29, 1.82) is 5.26 Å². The molecule has 25 heavy (non-hydrogen) atoms. The number of amides is 1. The van der Waals surface area contributed by atoms with Gasteiger partial charge in [-0.25, -0.2) is 10.7 Å². The van der Waals surface area contributed by atoms with Crippen molar-refractivity contribution < 1.29 is 18.7 Å². The van der Waals surface area contributed by atoms with Crippen LogP contribution in [0.1, 0.15) is 28.9 Å². The van der Waals surface area contributed by atoms with Crippen LogP contribution < -0.4 is 24.8 Å². The van der Waals surface area contributed by atoms with Crippen LogP contribution in [-0.2, 0) is 0 Å². The van der Waals surface area contributed by atoms with Gasteiger partial charge in [0.05, 0.1) is 31.8 Å². The number of hydrazine groups is 1. The second-order valence-corrected chi connectivity index (χ2v) is 5.35. The molecular formula is C17H20BN4O3+. The summed E-state index contributed by atoms with van der Waals surface area (Å²) in [7, 11) is 3.43. The van der Waals surface area contributed by atoms with Crippen LogP contribution >= 0.6 is 0 Å². The standard InChI is InChI=1S/C17H19BN4O3/c1-12(15-5-4-14(24-2)10-16(15)25-3)20-21-17(23)13-6-8-22(9-7-13)18-11-19/h4-10,12,18,23H,1-3H3/p+1. The smallest absolute Gasteiger partial charge is 0.497 e. The van der Waals surface area contributed by atoms with Gasteiger partial charge in [-0.1, -0.05) is 6.07 Å². The highest BCUT2D eigenvalue weighted by Gasteiger charge is 2.14. The maximum Gasteiger partial charge on any atom is 0.587 e. The van der Waals surface area contributed by atoms with Gasteiger partial charge in [-0.05, 0) is 13.0 Å². The summed E-state index contributed by atoms with van der Waals surface area (Å²) in [6.45, 7) is 1.91. The van der Waals surface area contributed by atoms with Crippen LogP contribution in [0.4, 0.5) is 0 Å². The van der Waals surface area contributed by atoms with Crippen molar-refractivity contribution >= 4 is 13.3 Å². The molecular weight excluding hydrogens is 319 g/mol. The highest BCUT2D eigenvalue weighted by atomic mass is 16.5. The largest absolute Gasteiger partial charge is 0.587 e. The van der Waals surface area contributed by atoms with Crippen LogP contribution in [0.5, 0.6) is 11.5 Å². The van der Waals surface area contributed by atoms with E-state index in [1.54, 1.807) is 49.3 Å². The van der Waals surface area contributed by atoms with Crippen molar-refractivity contribution in [2.24, 2.45) is 0 Å². The topological polar surface area (TPSA) is 87.3 Å². The van der Waals surface area contributed by atoms with E-state index in [4.69, 9.17) is 14.7 Å². The van der Waals surface area contributed by atoms with Crippen LogP contribution in [0.15, 0.2) is 42.7 Å². The van der Waals surface area contributed by atoms with Gasteiger partial charge >= 0.3 is 7.41 Å². The molecule has 0 fully saturated rings. The zero-order valence-electron chi connectivity index (χ0n) is 14.4. The number of benzene rings is 1. The van der Waals surface area contributed by atoms with Crippen molar-refractivity contribution in [3.05, 3.63) is 53.9 Å². The lowest BCUT2D eigenvalue weighted by molar-refractivity contribution is -0.527. The van der Waals surface area contributed by atoms with E-state index >= 15 is 0 Å². The number of nitrogens with zero attached hydrogens (tertiary/aromatic N) is 2. The quantitative estimate of drug-likeness (QED) is 0.572. The summed E-state index contributed by atoms with van der Waals surface area (Å²) in [5, 5.41) is 8.65. The number of nitriles is 1. The molecule has 1 amide bonds. The summed E-state index contributed by atoms with van der Waals surface area (Å²) < 4.78 is 12.2. The molecule has 0 aliphatic carbocycles. The fourth-order valence-corrected chi connectivity index (χ4v) is 2.30. The molecule has 7 nitrogen and oxygen atoms in total. The van der Waals surface area contributed by atoms with E-state index in [0.29, 0.717) is 17.1 Å². The maximum absolute atomic E-state index is 12.2. The third-order valence-electron chi connectivity index (χ3n) is 3.72. The highest BCUT2D eigenvalue weighted by Crippen LogP contribution is 2.28. The first-order valence-corrected chi connectivity index (χ1v) is 7.73. The predicted octanol–water partition coefficient (Wildman–Crippen LogP) is 0.668. The zero-order valence-corrected chi connectivity index (χ0v) is 14.4. The van der Waals surface area contributed by atoms with Gasteiger partial charge in [0.25, 0.3) is 5.91 Å². The second kappa shape index (κ2) is 8.71. The van der Waals surface area contributed by atoms with E-state index in [9.17, 15) is 4.79 Å². The molecule has 128 valence electrons. The third kappa shape index (κ3) is 4.72. The van der Waals surface area contributed by atoms with Gasteiger partial charge in [0.1, 0.15) is 23.9 Å². The summed E-state index contributed by atoms with van der Waals surface area (Å²) in [6, 6.07) is 8.66. The Morgan fingerprint density at radius 1 is 1.24 bits per heavy atom. The average molecular weight is 339 g/mol. The lowest BCUT2D eigenvalue weighted by Gasteiger charge is -2.18. The number of hydrogen-bond acceptors (Lipinski definition) is 5. The van der Waals surface area contributed by atoms with Gasteiger partial charge in [-0.3, -0.25) is 14.7 Å². The third-order valence-corrected chi connectivity index (χ3v) is 3.72. The van der Waals surface area contributed by atoms with Crippen molar-refractivity contribution in [1.82, 2.24) is 10.9 Å². The van der Waals surface area contributed by atoms with Crippen molar-refractivity contribution in [2.75, 3.05) is 14.2 Å². The number of hydrogen-bond donors (Lipinski definition) is 2. The van der Waals surface area contributed by atoms with Crippen LogP contribution in [0.2, 0.25) is 0 Å². The fourth-order valence-electron chi connectivity index (χ4n) is 2.30. The minimum absolute atomic E-state index is 0.169. The molecule has 2 aromatic rings. The van der Waals surface area contributed by atoms with Gasteiger partial charge in [0.15, 0.2) is 0 Å². The number of aromatic nitrogens is 1. The molecule has 0 bridgehead atoms. The van der Waals surface area contributed by atoms with Crippen molar-refractivity contribution in [3.8, 4) is 17.5 Å². The van der Waals surface area contributed by atoms with Crippen molar-refractivity contribution in [3.63, 3.8) is 0 Å². The van der Waals surface area contributed by atoms with E-state index in [1.165, 1.54) is 0 Å². The first-order chi connectivity index (χ1) is 12.1. The molecule has 0 saturated carbocycles. The van der Waals surface area contributed by atoms with Crippen LogP contribution in [0.25, 0.3) is 0 Å². The molecule has 0 radical (unpaired) electrons. The minimum Gasteiger partial charge on any atom is -0.497 e. The fraction of sp³-hybridized carbons (Fsp3) is 0.235. The first-order valence-electron chi connectivity index (χ1n) is 7.73. The summed E-state index contributed by atoms with van der Waals surface area (Å²) in [4.78, 5) is 12.2. The summed E-state index contributed by atoms with van der Waals surface area (Å²) in [5.74, 6) is 3.15. The summed E-state index contributed by atoms with van der Waals surface area (Å²) in [6.07, 6.45) is 3.38. The van der Waals surface area contributed by atoms with E-state index in [0.717, 1.165) is 5.56 Å². The Morgan fingerprint density at radius 3 is 2.56 bits per heavy atom. The molecule has 0 spiro atoms. The Hall–Kier alpha value is -3.05. The summed E-state index contributed by atoms with van der Waals surface area (Å²) in [5.41, 5.74) is 7.04. The maximum atomic E-state index is 12.2. The van der Waals surface area contributed by atoms with Gasteiger partial charge in [0.2, 0.25) is 0 Å². The molecule has 1 aromatic heterocycles. The number of methoxy groups -OCH3 is 2. The molecule has 1 heterocycles. The minimum atomic E-state index is -0.261. The monoisotopic (exact) mass is 339 g/mol. The lowest BCUT2D eigenvalue weighted by Crippen LogP contribution is -2.41. The van der Waals surface area contributed by atoms with Gasteiger partial charge < -0.3 is 9.47 Å². The Labute approximate surface area is 147 Å². The SMILES string of the molecule is COc1ccc(C(C)NNC(=O)c2cc[n+](BC#N)cc2)c(OC)c1. The number of carbonyl (C=O) groups excluding carboxylic acids is 1. The first kappa shape index (κ1) is 18.3. The van der Waals surface area contributed by atoms with E-state index < -0.39 is 0 Å². The van der Waals surface area contributed by atoms with Crippen LogP contribution in [-0.4, -0.2) is 27.5 Å². The Bertz CT molecular complexity index is 774. The van der Waals surface area contributed by atoms with E-state index in [1.807, 2.05) is 25.0 Å². The Kier molecular flexibility index (Phi) is 6.37. The van der Waals surface area contributed by atoms with Gasteiger partial charge in [-0.2, -0.15) is 0 Å². The van der Waals surface area contributed by atoms with Crippen LogP contribution in [0, 0.1) is 11.2 Å². The second-order valence-electron chi connectivity index (χ2n) is 5.35. The lowest BCUT2D eigenvalue weighted by atomic mass is 9.98. The number of ether oxygens (including phenoxy) is 2. The normalized spacial score (nSPS) is 11.1. The number of nitrogens with one attached hydrogen (secondary N) is 2. The highest BCUT2D eigenvalue weighted by molar-refractivity contribution is 6.35. The molecule has 2 N–H and O–H groups in total. The number of rotatable bonds is 7. The Morgan fingerprint density at radius 2 is 1.96 bits per heavy atom. The molecule has 2 rings (SSSR count). The molecule has 8 heteroatoms. The number of carbonyl (C=O) groups is 1.